The second-order valence-corrected chi connectivity index (χ2v) is 9.14. The standard InChI is InChI=1S/C16H18N2O3S2/c1-11-17-15(9-22-11)13-2-4-14(5-3-13)18-16(19)8-12-6-7-23(20,21)10-12/h2-5,9,12H,6-8,10H2,1H3,(H,18,19)/t12-/m0/s1. The minimum atomic E-state index is -2.93. The summed E-state index contributed by atoms with van der Waals surface area (Å²) in [5, 5.41) is 5.85. The van der Waals surface area contributed by atoms with Gasteiger partial charge in [0.25, 0.3) is 0 Å². The van der Waals surface area contributed by atoms with Crippen LogP contribution >= 0.6 is 11.3 Å². The van der Waals surface area contributed by atoms with Gasteiger partial charge in [-0.1, -0.05) is 12.1 Å². The number of anilines is 1. The largest absolute Gasteiger partial charge is 0.326 e. The summed E-state index contributed by atoms with van der Waals surface area (Å²) in [6.07, 6.45) is 0.837. The van der Waals surface area contributed by atoms with Gasteiger partial charge in [-0.15, -0.1) is 11.3 Å². The summed E-state index contributed by atoms with van der Waals surface area (Å²) >= 11 is 1.60. The number of thiazole rings is 1. The van der Waals surface area contributed by atoms with Crippen LogP contribution in [0, 0.1) is 12.8 Å². The molecule has 0 aliphatic carbocycles. The third-order valence-electron chi connectivity index (χ3n) is 3.88. The maximum Gasteiger partial charge on any atom is 0.224 e. The number of hydrogen-bond donors (Lipinski definition) is 1. The van der Waals surface area contributed by atoms with E-state index in [2.05, 4.69) is 10.3 Å². The second-order valence-electron chi connectivity index (χ2n) is 5.85. The number of carbonyl (C=O) groups excluding carboxylic acids is 1. The summed E-state index contributed by atoms with van der Waals surface area (Å²) in [4.78, 5) is 16.4. The molecule has 5 nitrogen and oxygen atoms in total. The molecule has 2 aromatic rings. The van der Waals surface area contributed by atoms with Crippen LogP contribution in [-0.4, -0.2) is 30.8 Å². The third-order valence-corrected chi connectivity index (χ3v) is 6.49. The summed E-state index contributed by atoms with van der Waals surface area (Å²) in [6, 6.07) is 7.52. The third kappa shape index (κ3) is 4.17. The molecule has 1 saturated heterocycles. The van der Waals surface area contributed by atoms with Gasteiger partial charge in [0.05, 0.1) is 22.2 Å². The Morgan fingerprint density at radius 2 is 2.09 bits per heavy atom. The average molecular weight is 350 g/mol. The number of sulfone groups is 1. The van der Waals surface area contributed by atoms with Gasteiger partial charge in [0.15, 0.2) is 9.84 Å². The summed E-state index contributed by atoms with van der Waals surface area (Å²) < 4.78 is 22.8. The van der Waals surface area contributed by atoms with Gasteiger partial charge in [0.2, 0.25) is 5.91 Å². The highest BCUT2D eigenvalue weighted by atomic mass is 32.2. The maximum absolute atomic E-state index is 12.0. The average Bonchev–Trinajstić information content (AvgIpc) is 3.05. The Kier molecular flexibility index (Phi) is 4.50. The number of amides is 1. The summed E-state index contributed by atoms with van der Waals surface area (Å²) in [5.74, 6) is 0.136. The van der Waals surface area contributed by atoms with E-state index in [-0.39, 0.29) is 29.8 Å². The smallest absolute Gasteiger partial charge is 0.224 e. The van der Waals surface area contributed by atoms with Gasteiger partial charge < -0.3 is 5.32 Å². The molecule has 1 fully saturated rings. The molecule has 0 bridgehead atoms. The van der Waals surface area contributed by atoms with Crippen LogP contribution in [0.15, 0.2) is 29.6 Å². The van der Waals surface area contributed by atoms with Crippen molar-refractivity contribution >= 4 is 32.8 Å². The lowest BCUT2D eigenvalue weighted by Gasteiger charge is -2.09. The van der Waals surface area contributed by atoms with Crippen molar-refractivity contribution in [2.75, 3.05) is 16.8 Å². The lowest BCUT2D eigenvalue weighted by Crippen LogP contribution is -2.17. The predicted octanol–water partition coefficient (Wildman–Crippen LogP) is 2.88. The Bertz CT molecular complexity index is 810. The second kappa shape index (κ2) is 6.41. The SMILES string of the molecule is Cc1nc(-c2ccc(NC(=O)C[C@@H]3CCS(=O)(=O)C3)cc2)cs1. The maximum atomic E-state index is 12.0. The molecular formula is C16H18N2O3S2. The molecule has 0 spiro atoms. The molecule has 1 amide bonds. The van der Waals surface area contributed by atoms with Crippen LogP contribution in [0.3, 0.4) is 0 Å². The summed E-state index contributed by atoms with van der Waals surface area (Å²) in [5.41, 5.74) is 2.65. The molecule has 1 aliphatic heterocycles. The van der Waals surface area contributed by atoms with Crippen LogP contribution in [-0.2, 0) is 14.6 Å². The number of carbonyl (C=O) groups is 1. The first kappa shape index (κ1) is 16.1. The molecule has 122 valence electrons. The highest BCUT2D eigenvalue weighted by molar-refractivity contribution is 7.91. The molecule has 1 aliphatic rings. The molecule has 1 atom stereocenters. The summed E-state index contributed by atoms with van der Waals surface area (Å²) in [7, 11) is -2.93. The van der Waals surface area contributed by atoms with E-state index >= 15 is 0 Å². The van der Waals surface area contributed by atoms with Gasteiger partial charge >= 0.3 is 0 Å². The first-order chi connectivity index (χ1) is 10.9. The van der Waals surface area contributed by atoms with Crippen molar-refractivity contribution < 1.29 is 13.2 Å². The van der Waals surface area contributed by atoms with Gasteiger partial charge in [0.1, 0.15) is 0 Å². The van der Waals surface area contributed by atoms with Crippen molar-refractivity contribution in [2.24, 2.45) is 5.92 Å². The monoisotopic (exact) mass is 350 g/mol. The molecule has 0 saturated carbocycles. The molecular weight excluding hydrogens is 332 g/mol. The number of hydrogen-bond acceptors (Lipinski definition) is 5. The Hall–Kier alpha value is -1.73. The van der Waals surface area contributed by atoms with E-state index in [0.717, 1.165) is 16.3 Å². The van der Waals surface area contributed by atoms with Crippen molar-refractivity contribution in [3.8, 4) is 11.3 Å². The zero-order valence-electron chi connectivity index (χ0n) is 12.8. The fourth-order valence-corrected chi connectivity index (χ4v) is 5.21. The van der Waals surface area contributed by atoms with Crippen molar-refractivity contribution in [1.82, 2.24) is 4.98 Å². The van der Waals surface area contributed by atoms with Crippen molar-refractivity contribution in [1.29, 1.82) is 0 Å². The Labute approximate surface area is 139 Å². The lowest BCUT2D eigenvalue weighted by atomic mass is 10.0. The lowest BCUT2D eigenvalue weighted by molar-refractivity contribution is -0.116. The van der Waals surface area contributed by atoms with E-state index in [1.54, 1.807) is 11.3 Å². The Balaban J connectivity index is 1.59. The van der Waals surface area contributed by atoms with E-state index in [1.807, 2.05) is 36.6 Å². The number of aryl methyl sites for hydroxylation is 1. The van der Waals surface area contributed by atoms with E-state index in [0.29, 0.717) is 12.1 Å². The molecule has 7 heteroatoms. The van der Waals surface area contributed by atoms with Gasteiger partial charge in [-0.05, 0) is 31.4 Å². The van der Waals surface area contributed by atoms with E-state index < -0.39 is 9.84 Å². The normalized spacial score (nSPS) is 19.6. The van der Waals surface area contributed by atoms with E-state index in [9.17, 15) is 13.2 Å². The fraction of sp³-hybridized carbons (Fsp3) is 0.375. The van der Waals surface area contributed by atoms with Crippen molar-refractivity contribution in [3.05, 3.63) is 34.7 Å². The molecule has 1 N–H and O–H groups in total. The first-order valence-electron chi connectivity index (χ1n) is 7.44. The van der Waals surface area contributed by atoms with Crippen molar-refractivity contribution in [3.63, 3.8) is 0 Å². The van der Waals surface area contributed by atoms with Crippen LogP contribution in [0.4, 0.5) is 5.69 Å². The van der Waals surface area contributed by atoms with Crippen LogP contribution in [0.5, 0.6) is 0 Å². The van der Waals surface area contributed by atoms with Gasteiger partial charge in [-0.25, -0.2) is 13.4 Å². The molecule has 2 heterocycles. The summed E-state index contributed by atoms with van der Waals surface area (Å²) in [6.45, 7) is 1.96. The van der Waals surface area contributed by atoms with Crippen molar-refractivity contribution in [2.45, 2.75) is 19.8 Å². The van der Waals surface area contributed by atoms with Crippen LogP contribution in [0.2, 0.25) is 0 Å². The minimum absolute atomic E-state index is 0.0581. The zero-order valence-corrected chi connectivity index (χ0v) is 14.4. The molecule has 0 radical (unpaired) electrons. The molecule has 23 heavy (non-hydrogen) atoms. The number of nitrogens with one attached hydrogen (secondary N) is 1. The molecule has 1 aromatic heterocycles. The number of aromatic nitrogens is 1. The number of benzene rings is 1. The van der Waals surface area contributed by atoms with E-state index in [1.165, 1.54) is 0 Å². The molecule has 0 unspecified atom stereocenters. The van der Waals surface area contributed by atoms with Crippen LogP contribution in [0.1, 0.15) is 17.8 Å². The fourth-order valence-electron chi connectivity index (χ4n) is 2.73. The number of rotatable bonds is 4. The molecule has 1 aromatic carbocycles. The van der Waals surface area contributed by atoms with Crippen LogP contribution in [0.25, 0.3) is 11.3 Å². The van der Waals surface area contributed by atoms with Gasteiger partial charge in [-0.3, -0.25) is 4.79 Å². The Morgan fingerprint density at radius 1 is 1.35 bits per heavy atom. The molecule has 3 rings (SSSR count). The van der Waals surface area contributed by atoms with Gasteiger partial charge in [-0.2, -0.15) is 0 Å². The number of nitrogens with zero attached hydrogens (tertiary/aromatic N) is 1. The Morgan fingerprint density at radius 3 is 2.65 bits per heavy atom. The predicted molar refractivity (Wildman–Crippen MR) is 92.3 cm³/mol. The van der Waals surface area contributed by atoms with Crippen LogP contribution < -0.4 is 5.32 Å². The quantitative estimate of drug-likeness (QED) is 0.920. The highest BCUT2D eigenvalue weighted by Gasteiger charge is 2.29. The minimum Gasteiger partial charge on any atom is -0.326 e. The highest BCUT2D eigenvalue weighted by Crippen LogP contribution is 2.24. The first-order valence-corrected chi connectivity index (χ1v) is 10.1. The topological polar surface area (TPSA) is 76.1 Å². The zero-order chi connectivity index (χ0) is 16.4. The van der Waals surface area contributed by atoms with E-state index in [4.69, 9.17) is 0 Å². The van der Waals surface area contributed by atoms with Gasteiger partial charge in [0, 0.05) is 23.1 Å².